The number of benzene rings is 1. The Morgan fingerprint density at radius 3 is 2.53 bits per heavy atom. The number of rotatable bonds is 3. The normalized spacial score (nSPS) is 11.5. The van der Waals surface area contributed by atoms with Crippen molar-refractivity contribution in [1.29, 1.82) is 0 Å². The second-order valence-corrected chi connectivity index (χ2v) is 5.08. The lowest BCUT2D eigenvalue weighted by Gasteiger charge is -2.23. The van der Waals surface area contributed by atoms with Gasteiger partial charge in [-0.2, -0.15) is 0 Å². The zero-order valence-electron chi connectivity index (χ0n) is 9.52. The van der Waals surface area contributed by atoms with E-state index < -0.39 is 5.54 Å². The lowest BCUT2D eigenvalue weighted by atomic mass is 9.91. The van der Waals surface area contributed by atoms with Gasteiger partial charge in [0.15, 0.2) is 5.78 Å². The molecule has 0 aliphatic heterocycles. The van der Waals surface area contributed by atoms with E-state index in [1.165, 1.54) is 0 Å². The van der Waals surface area contributed by atoms with Gasteiger partial charge >= 0.3 is 0 Å². The van der Waals surface area contributed by atoms with Crippen molar-refractivity contribution in [1.82, 2.24) is 5.32 Å². The zero-order valence-corrected chi connectivity index (χ0v) is 11.1. The van der Waals surface area contributed by atoms with Gasteiger partial charge in [0.05, 0.1) is 5.54 Å². The second-order valence-electron chi connectivity index (χ2n) is 4.16. The number of carbonyl (C=O) groups excluding carboxylic acids is 1. The van der Waals surface area contributed by atoms with Gasteiger partial charge in [0.1, 0.15) is 0 Å². The molecule has 15 heavy (non-hydrogen) atoms. The van der Waals surface area contributed by atoms with Crippen molar-refractivity contribution in [3.8, 4) is 0 Å². The van der Waals surface area contributed by atoms with Crippen LogP contribution in [0.3, 0.4) is 0 Å². The molecule has 1 aromatic carbocycles. The molecule has 0 radical (unpaired) electrons. The monoisotopic (exact) mass is 269 g/mol. The van der Waals surface area contributed by atoms with Crippen LogP contribution in [0.4, 0.5) is 0 Å². The summed E-state index contributed by atoms with van der Waals surface area (Å²) in [5.74, 6) is 0.115. The lowest BCUT2D eigenvalue weighted by Crippen LogP contribution is -2.44. The first-order chi connectivity index (χ1) is 6.88. The van der Waals surface area contributed by atoms with E-state index in [0.29, 0.717) is 0 Å². The van der Waals surface area contributed by atoms with E-state index in [0.717, 1.165) is 15.6 Å². The Labute approximate surface area is 99.2 Å². The molecule has 0 saturated carbocycles. The molecular weight excluding hydrogens is 254 g/mol. The average molecular weight is 270 g/mol. The minimum atomic E-state index is -0.522. The smallest absolute Gasteiger partial charge is 0.182 e. The van der Waals surface area contributed by atoms with Crippen LogP contribution >= 0.6 is 15.9 Å². The average Bonchev–Trinajstić information content (AvgIpc) is 2.20. The molecule has 0 saturated heterocycles. The third-order valence-electron chi connectivity index (χ3n) is 2.64. The second kappa shape index (κ2) is 4.45. The van der Waals surface area contributed by atoms with Gasteiger partial charge < -0.3 is 5.32 Å². The summed E-state index contributed by atoms with van der Waals surface area (Å²) in [6.45, 7) is 5.72. The van der Waals surface area contributed by atoms with Crippen molar-refractivity contribution in [2.45, 2.75) is 26.3 Å². The summed E-state index contributed by atoms with van der Waals surface area (Å²) in [4.78, 5) is 12.2. The van der Waals surface area contributed by atoms with Crippen molar-refractivity contribution < 1.29 is 4.79 Å². The molecule has 2 nitrogen and oxygen atoms in total. The highest BCUT2D eigenvalue weighted by molar-refractivity contribution is 9.10. The Morgan fingerprint density at radius 2 is 2.00 bits per heavy atom. The SMILES string of the molecule is CNC(C)(C)C(=O)c1cc(Br)ccc1C. The van der Waals surface area contributed by atoms with Crippen molar-refractivity contribution in [2.75, 3.05) is 7.05 Å². The quantitative estimate of drug-likeness (QED) is 0.855. The highest BCUT2D eigenvalue weighted by Crippen LogP contribution is 2.20. The minimum absolute atomic E-state index is 0.115. The first-order valence-corrected chi connectivity index (χ1v) is 5.67. The van der Waals surface area contributed by atoms with Gasteiger partial charge in [0.25, 0.3) is 0 Å². The van der Waals surface area contributed by atoms with Crippen LogP contribution in [0, 0.1) is 6.92 Å². The molecule has 0 aliphatic rings. The van der Waals surface area contributed by atoms with Crippen LogP contribution < -0.4 is 5.32 Å². The molecule has 0 atom stereocenters. The zero-order chi connectivity index (χ0) is 11.6. The number of ketones is 1. The van der Waals surface area contributed by atoms with Crippen LogP contribution in [-0.2, 0) is 0 Å². The van der Waals surface area contributed by atoms with Crippen LogP contribution in [0.15, 0.2) is 22.7 Å². The molecule has 3 heteroatoms. The molecule has 0 bridgehead atoms. The predicted molar refractivity (Wildman–Crippen MR) is 66.3 cm³/mol. The number of hydrogen-bond acceptors (Lipinski definition) is 2. The first kappa shape index (κ1) is 12.4. The van der Waals surface area contributed by atoms with E-state index in [1.54, 1.807) is 7.05 Å². The first-order valence-electron chi connectivity index (χ1n) is 4.88. The Kier molecular flexibility index (Phi) is 3.68. The number of carbonyl (C=O) groups is 1. The van der Waals surface area contributed by atoms with Gasteiger partial charge in [-0.15, -0.1) is 0 Å². The van der Waals surface area contributed by atoms with Crippen LogP contribution in [0.5, 0.6) is 0 Å². The van der Waals surface area contributed by atoms with Gasteiger partial charge in [0, 0.05) is 10.0 Å². The van der Waals surface area contributed by atoms with Gasteiger partial charge in [-0.3, -0.25) is 4.79 Å². The van der Waals surface area contributed by atoms with Gasteiger partial charge in [-0.1, -0.05) is 22.0 Å². The molecule has 82 valence electrons. The van der Waals surface area contributed by atoms with E-state index in [4.69, 9.17) is 0 Å². The number of halogens is 1. The van der Waals surface area contributed by atoms with Gasteiger partial charge in [-0.05, 0) is 45.5 Å². The summed E-state index contributed by atoms with van der Waals surface area (Å²) < 4.78 is 0.934. The van der Waals surface area contributed by atoms with E-state index in [2.05, 4.69) is 21.2 Å². The lowest BCUT2D eigenvalue weighted by molar-refractivity contribution is 0.0889. The van der Waals surface area contributed by atoms with Crippen molar-refractivity contribution in [3.05, 3.63) is 33.8 Å². The fourth-order valence-electron chi connectivity index (χ4n) is 1.29. The van der Waals surface area contributed by atoms with Crippen LogP contribution in [0.2, 0.25) is 0 Å². The van der Waals surface area contributed by atoms with Crippen molar-refractivity contribution in [3.63, 3.8) is 0 Å². The largest absolute Gasteiger partial charge is 0.308 e. The topological polar surface area (TPSA) is 29.1 Å². The van der Waals surface area contributed by atoms with Gasteiger partial charge in [0.2, 0.25) is 0 Å². The Bertz CT molecular complexity index is 385. The van der Waals surface area contributed by atoms with Crippen molar-refractivity contribution in [2.24, 2.45) is 0 Å². The molecule has 1 N–H and O–H groups in total. The van der Waals surface area contributed by atoms with E-state index in [-0.39, 0.29) is 5.78 Å². The molecule has 0 heterocycles. The number of likely N-dealkylation sites (N-methyl/N-ethyl adjacent to an activating group) is 1. The highest BCUT2D eigenvalue weighted by Gasteiger charge is 2.27. The molecule has 0 fully saturated rings. The fourth-order valence-corrected chi connectivity index (χ4v) is 1.65. The summed E-state index contributed by atoms with van der Waals surface area (Å²) in [7, 11) is 1.80. The maximum atomic E-state index is 12.2. The van der Waals surface area contributed by atoms with E-state index in [9.17, 15) is 4.79 Å². The Morgan fingerprint density at radius 1 is 1.40 bits per heavy atom. The Balaban J connectivity index is 3.17. The molecule has 1 aromatic rings. The maximum absolute atomic E-state index is 12.2. The molecule has 0 aliphatic carbocycles. The molecular formula is C12H16BrNO. The summed E-state index contributed by atoms with van der Waals surface area (Å²) >= 11 is 3.38. The predicted octanol–water partition coefficient (Wildman–Crippen LogP) is 2.94. The molecule has 1 rings (SSSR count). The third-order valence-corrected chi connectivity index (χ3v) is 3.13. The fraction of sp³-hybridized carbons (Fsp3) is 0.417. The van der Waals surface area contributed by atoms with E-state index in [1.807, 2.05) is 39.0 Å². The Hall–Kier alpha value is -0.670. The summed E-state index contributed by atoms with van der Waals surface area (Å²) in [6, 6.07) is 5.76. The molecule has 0 spiro atoms. The van der Waals surface area contributed by atoms with Gasteiger partial charge in [-0.25, -0.2) is 0 Å². The number of hydrogen-bond donors (Lipinski definition) is 1. The number of nitrogens with one attached hydrogen (secondary N) is 1. The van der Waals surface area contributed by atoms with Crippen LogP contribution in [-0.4, -0.2) is 18.4 Å². The molecule has 0 aromatic heterocycles. The minimum Gasteiger partial charge on any atom is -0.308 e. The number of aryl methyl sites for hydroxylation is 1. The standard InChI is InChI=1S/C12H16BrNO/c1-8-5-6-9(13)7-10(8)11(15)12(2,3)14-4/h5-7,14H,1-4H3. The molecule has 0 unspecified atom stereocenters. The summed E-state index contributed by atoms with van der Waals surface area (Å²) in [6.07, 6.45) is 0. The third kappa shape index (κ3) is 2.67. The van der Waals surface area contributed by atoms with Crippen LogP contribution in [0.1, 0.15) is 29.8 Å². The van der Waals surface area contributed by atoms with Crippen LogP contribution in [0.25, 0.3) is 0 Å². The summed E-state index contributed by atoms with van der Waals surface area (Å²) in [5, 5.41) is 3.02. The summed E-state index contributed by atoms with van der Waals surface area (Å²) in [5.41, 5.74) is 1.25. The molecule has 0 amide bonds. The highest BCUT2D eigenvalue weighted by atomic mass is 79.9. The number of Topliss-reactive ketones (excluding diaryl/α,β-unsaturated/α-hetero) is 1. The van der Waals surface area contributed by atoms with E-state index >= 15 is 0 Å². The van der Waals surface area contributed by atoms with Crippen molar-refractivity contribution >= 4 is 21.7 Å². The maximum Gasteiger partial charge on any atom is 0.182 e.